The second-order valence-corrected chi connectivity index (χ2v) is 6.25. The van der Waals surface area contributed by atoms with Gasteiger partial charge in [-0.3, -0.25) is 25.3 Å². The van der Waals surface area contributed by atoms with Gasteiger partial charge in [-0.05, 0) is 49.7 Å². The molecule has 1 atom stereocenters. The van der Waals surface area contributed by atoms with E-state index in [1.54, 1.807) is 12.1 Å². The van der Waals surface area contributed by atoms with Crippen molar-refractivity contribution in [3.05, 3.63) is 22.4 Å². The molecule has 1 aliphatic rings. The van der Waals surface area contributed by atoms with Gasteiger partial charge in [-0.25, -0.2) is 0 Å². The average Bonchev–Trinajstić information content (AvgIpc) is 3.00. The van der Waals surface area contributed by atoms with Crippen LogP contribution in [0.3, 0.4) is 0 Å². The van der Waals surface area contributed by atoms with Crippen molar-refractivity contribution in [3.63, 3.8) is 0 Å². The molecule has 1 aromatic heterocycles. The number of nitrogens with one attached hydrogen (secondary N) is 2. The summed E-state index contributed by atoms with van der Waals surface area (Å²) in [7, 11) is 0. The maximum Gasteiger partial charge on any atom is 0.279 e. The van der Waals surface area contributed by atoms with Gasteiger partial charge in [0.25, 0.3) is 11.8 Å². The minimum Gasteiger partial charge on any atom is -0.330 e. The van der Waals surface area contributed by atoms with Crippen molar-refractivity contribution in [2.24, 2.45) is 11.7 Å². The second-order valence-electron chi connectivity index (χ2n) is 5.30. The van der Waals surface area contributed by atoms with Gasteiger partial charge in [-0.1, -0.05) is 6.07 Å². The number of piperidine rings is 1. The van der Waals surface area contributed by atoms with Gasteiger partial charge in [0, 0.05) is 6.54 Å². The zero-order valence-corrected chi connectivity index (χ0v) is 12.8. The molecular weight excluding hydrogens is 288 g/mol. The van der Waals surface area contributed by atoms with Crippen LogP contribution in [0.25, 0.3) is 0 Å². The van der Waals surface area contributed by atoms with Crippen LogP contribution in [-0.4, -0.2) is 42.9 Å². The maximum absolute atomic E-state index is 11.9. The van der Waals surface area contributed by atoms with Crippen LogP contribution in [0.5, 0.6) is 0 Å². The Kier molecular flexibility index (Phi) is 6.16. The molecule has 1 aromatic rings. The standard InChI is InChI=1S/C14H22N4O2S/c15-6-5-11-3-1-7-18(9-11)10-13(19)16-17-14(20)12-4-2-8-21-12/h2,4,8,11H,1,3,5-7,9-10,15H2,(H,16,19)(H,17,20). The molecule has 2 heterocycles. The fraction of sp³-hybridized carbons (Fsp3) is 0.571. The van der Waals surface area contributed by atoms with Crippen molar-refractivity contribution in [2.75, 3.05) is 26.2 Å². The van der Waals surface area contributed by atoms with E-state index < -0.39 is 0 Å². The number of likely N-dealkylation sites (tertiary alicyclic amines) is 1. The van der Waals surface area contributed by atoms with E-state index in [1.165, 1.54) is 17.8 Å². The summed E-state index contributed by atoms with van der Waals surface area (Å²) < 4.78 is 0. The molecule has 1 unspecified atom stereocenters. The van der Waals surface area contributed by atoms with Crippen molar-refractivity contribution in [1.29, 1.82) is 0 Å². The lowest BCUT2D eigenvalue weighted by molar-refractivity contribution is -0.123. The molecule has 1 fully saturated rings. The van der Waals surface area contributed by atoms with Crippen LogP contribution < -0.4 is 16.6 Å². The molecule has 0 saturated carbocycles. The summed E-state index contributed by atoms with van der Waals surface area (Å²) in [6.45, 7) is 2.84. The van der Waals surface area contributed by atoms with Gasteiger partial charge >= 0.3 is 0 Å². The molecule has 2 amide bonds. The highest BCUT2D eigenvalue weighted by atomic mass is 32.1. The number of nitrogens with zero attached hydrogens (tertiary/aromatic N) is 1. The van der Waals surface area contributed by atoms with Crippen LogP contribution in [0.2, 0.25) is 0 Å². The number of carbonyl (C=O) groups excluding carboxylic acids is 2. The largest absolute Gasteiger partial charge is 0.330 e. The Morgan fingerprint density at radius 3 is 3.00 bits per heavy atom. The number of thiophene rings is 1. The highest BCUT2D eigenvalue weighted by molar-refractivity contribution is 7.12. The highest BCUT2D eigenvalue weighted by Crippen LogP contribution is 2.18. The predicted molar refractivity (Wildman–Crippen MR) is 82.8 cm³/mol. The van der Waals surface area contributed by atoms with Crippen LogP contribution in [-0.2, 0) is 4.79 Å². The van der Waals surface area contributed by atoms with Gasteiger partial charge in [-0.2, -0.15) is 0 Å². The molecule has 0 radical (unpaired) electrons. The molecule has 116 valence electrons. The summed E-state index contributed by atoms with van der Waals surface area (Å²) in [5, 5.41) is 1.82. The third kappa shape index (κ3) is 5.11. The number of rotatable bonds is 5. The fourth-order valence-electron chi connectivity index (χ4n) is 2.60. The Morgan fingerprint density at radius 1 is 1.43 bits per heavy atom. The molecular formula is C14H22N4O2S. The fourth-order valence-corrected chi connectivity index (χ4v) is 3.22. The summed E-state index contributed by atoms with van der Waals surface area (Å²) in [6.07, 6.45) is 3.29. The van der Waals surface area contributed by atoms with Crippen LogP contribution in [0.1, 0.15) is 28.9 Å². The Bertz CT molecular complexity index is 462. The second kappa shape index (κ2) is 8.11. The molecule has 0 aliphatic carbocycles. The lowest BCUT2D eigenvalue weighted by Gasteiger charge is -2.31. The predicted octanol–water partition coefficient (Wildman–Crippen LogP) is 0.570. The average molecular weight is 310 g/mol. The van der Waals surface area contributed by atoms with Gasteiger partial charge in [0.05, 0.1) is 11.4 Å². The van der Waals surface area contributed by atoms with E-state index in [0.717, 1.165) is 25.9 Å². The summed E-state index contributed by atoms with van der Waals surface area (Å²) in [4.78, 5) is 26.3. The van der Waals surface area contributed by atoms with Crippen molar-refractivity contribution >= 4 is 23.2 Å². The van der Waals surface area contributed by atoms with Gasteiger partial charge in [-0.15, -0.1) is 11.3 Å². The summed E-state index contributed by atoms with van der Waals surface area (Å²) in [6, 6.07) is 3.51. The van der Waals surface area contributed by atoms with E-state index in [2.05, 4.69) is 15.8 Å². The maximum atomic E-state index is 11.9. The van der Waals surface area contributed by atoms with Gasteiger partial charge in [0.2, 0.25) is 0 Å². The number of carbonyl (C=O) groups is 2. The third-order valence-electron chi connectivity index (χ3n) is 3.61. The molecule has 4 N–H and O–H groups in total. The molecule has 6 nitrogen and oxygen atoms in total. The Labute approximate surface area is 128 Å². The monoisotopic (exact) mass is 310 g/mol. The van der Waals surface area contributed by atoms with Crippen molar-refractivity contribution in [3.8, 4) is 0 Å². The molecule has 0 spiro atoms. The van der Waals surface area contributed by atoms with Gasteiger partial charge in [0.1, 0.15) is 0 Å². The number of amides is 2. The van der Waals surface area contributed by atoms with E-state index in [9.17, 15) is 9.59 Å². The van der Waals surface area contributed by atoms with Gasteiger partial charge < -0.3 is 5.73 Å². The molecule has 0 bridgehead atoms. The first-order chi connectivity index (χ1) is 10.2. The zero-order chi connectivity index (χ0) is 15.1. The molecule has 7 heteroatoms. The van der Waals surface area contributed by atoms with E-state index >= 15 is 0 Å². The van der Waals surface area contributed by atoms with Gasteiger partial charge in [0.15, 0.2) is 0 Å². The number of nitrogens with two attached hydrogens (primary N) is 1. The summed E-state index contributed by atoms with van der Waals surface area (Å²) >= 11 is 1.34. The quantitative estimate of drug-likeness (QED) is 0.694. The Balaban J connectivity index is 1.70. The van der Waals surface area contributed by atoms with Crippen LogP contribution in [0, 0.1) is 5.92 Å². The lowest BCUT2D eigenvalue weighted by Crippen LogP contribution is -2.48. The SMILES string of the molecule is NCCC1CCCN(CC(=O)NNC(=O)c2cccs2)C1. The molecule has 1 aliphatic heterocycles. The van der Waals surface area contributed by atoms with Crippen LogP contribution in [0.15, 0.2) is 17.5 Å². The molecule has 0 aromatic carbocycles. The van der Waals surface area contributed by atoms with E-state index in [1.807, 2.05) is 5.38 Å². The van der Waals surface area contributed by atoms with Crippen molar-refractivity contribution < 1.29 is 9.59 Å². The number of hydrogen-bond donors (Lipinski definition) is 3. The molecule has 2 rings (SSSR count). The lowest BCUT2D eigenvalue weighted by atomic mass is 9.95. The van der Waals surface area contributed by atoms with E-state index in [4.69, 9.17) is 5.73 Å². The van der Waals surface area contributed by atoms with Crippen LogP contribution >= 0.6 is 11.3 Å². The first-order valence-corrected chi connectivity index (χ1v) is 8.12. The van der Waals surface area contributed by atoms with E-state index in [0.29, 0.717) is 23.9 Å². The van der Waals surface area contributed by atoms with Crippen LogP contribution in [0.4, 0.5) is 0 Å². The normalized spacial score (nSPS) is 19.2. The Hall–Kier alpha value is -1.44. The third-order valence-corrected chi connectivity index (χ3v) is 4.47. The summed E-state index contributed by atoms with van der Waals surface area (Å²) in [5.74, 6) is 0.114. The Morgan fingerprint density at radius 2 is 2.29 bits per heavy atom. The smallest absolute Gasteiger partial charge is 0.279 e. The van der Waals surface area contributed by atoms with Crippen molar-refractivity contribution in [1.82, 2.24) is 15.8 Å². The minimum absolute atomic E-state index is 0.187. The van der Waals surface area contributed by atoms with E-state index in [-0.39, 0.29) is 11.8 Å². The first-order valence-electron chi connectivity index (χ1n) is 7.24. The minimum atomic E-state index is -0.280. The first kappa shape index (κ1) is 15.9. The number of hydrazine groups is 1. The highest BCUT2D eigenvalue weighted by Gasteiger charge is 2.21. The topological polar surface area (TPSA) is 87.5 Å². The summed E-state index contributed by atoms with van der Waals surface area (Å²) in [5.41, 5.74) is 10.5. The zero-order valence-electron chi connectivity index (χ0n) is 12.0. The molecule has 21 heavy (non-hydrogen) atoms. The molecule has 1 saturated heterocycles. The van der Waals surface area contributed by atoms with Crippen molar-refractivity contribution in [2.45, 2.75) is 19.3 Å². The number of hydrogen-bond acceptors (Lipinski definition) is 5.